The van der Waals surface area contributed by atoms with Crippen LogP contribution in [-0.2, 0) is 9.53 Å². The van der Waals surface area contributed by atoms with Gasteiger partial charge in [0, 0.05) is 55.0 Å². The summed E-state index contributed by atoms with van der Waals surface area (Å²) in [5, 5.41) is 22.0. The van der Waals surface area contributed by atoms with Crippen molar-refractivity contribution in [2.24, 2.45) is 5.92 Å². The Morgan fingerprint density at radius 2 is 1.90 bits per heavy atom. The minimum Gasteiger partial charge on any atom is -0.507 e. The van der Waals surface area contributed by atoms with Crippen LogP contribution in [0.1, 0.15) is 17.9 Å². The van der Waals surface area contributed by atoms with E-state index >= 15 is 0 Å². The molecule has 2 aliphatic heterocycles. The highest BCUT2D eigenvalue weighted by atomic mass is 35.5. The number of fused-ring (bicyclic) bond motifs is 1. The molecule has 0 bridgehead atoms. The molecule has 0 spiro atoms. The van der Waals surface area contributed by atoms with Gasteiger partial charge < -0.3 is 29.2 Å². The summed E-state index contributed by atoms with van der Waals surface area (Å²) in [5.41, 5.74) is 1.37. The third-order valence-electron chi connectivity index (χ3n) is 7.76. The van der Waals surface area contributed by atoms with E-state index in [-0.39, 0.29) is 40.1 Å². The molecule has 40 heavy (non-hydrogen) atoms. The highest BCUT2D eigenvalue weighted by Gasteiger charge is 2.40. The van der Waals surface area contributed by atoms with Crippen molar-refractivity contribution in [3.8, 4) is 22.8 Å². The summed E-state index contributed by atoms with van der Waals surface area (Å²) in [5.74, 6) is -1.48. The predicted molar refractivity (Wildman–Crippen MR) is 151 cm³/mol. The summed E-state index contributed by atoms with van der Waals surface area (Å²) < 4.78 is 12.3. The molecule has 4 heterocycles. The molecule has 2 fully saturated rings. The number of likely N-dealkylation sites (N-methyl/N-ethyl adjacent to an activating group) is 1. The summed E-state index contributed by atoms with van der Waals surface area (Å²) in [4.78, 5) is 34.7. The number of ether oxygens (including phenoxy) is 1. The minimum absolute atomic E-state index is 0.0429. The molecule has 0 radical (unpaired) electrons. The van der Waals surface area contributed by atoms with Gasteiger partial charge in [0.15, 0.2) is 5.43 Å². The molecule has 2 atom stereocenters. The number of phenolic OH excluding ortho intramolecular Hbond substituents is 2. The zero-order chi connectivity index (χ0) is 28.0. The van der Waals surface area contributed by atoms with Crippen LogP contribution in [0.4, 0.5) is 5.69 Å². The van der Waals surface area contributed by atoms with E-state index in [0.717, 1.165) is 11.8 Å². The zero-order valence-electron chi connectivity index (χ0n) is 21.8. The molecule has 10 heteroatoms. The molecule has 0 aliphatic carbocycles. The van der Waals surface area contributed by atoms with Crippen LogP contribution < -0.4 is 10.3 Å². The van der Waals surface area contributed by atoms with Gasteiger partial charge in [-0.05, 0) is 44.3 Å². The Hall–Kier alpha value is -4.08. The molecule has 206 valence electrons. The topological polar surface area (TPSA) is 116 Å². The second-order valence-corrected chi connectivity index (χ2v) is 10.8. The first-order valence-corrected chi connectivity index (χ1v) is 13.5. The third-order valence-corrected chi connectivity index (χ3v) is 8.09. The molecule has 0 unspecified atom stereocenters. The summed E-state index contributed by atoms with van der Waals surface area (Å²) in [6.45, 7) is 2.17. The van der Waals surface area contributed by atoms with Crippen molar-refractivity contribution in [1.82, 2.24) is 9.88 Å². The Labute approximate surface area is 235 Å². The zero-order valence-corrected chi connectivity index (χ0v) is 22.5. The molecular formula is C30H28ClN3O6. The van der Waals surface area contributed by atoms with Crippen molar-refractivity contribution in [3.05, 3.63) is 81.7 Å². The van der Waals surface area contributed by atoms with Crippen molar-refractivity contribution < 1.29 is 24.2 Å². The number of aromatic nitrogens is 1. The maximum atomic E-state index is 13.2. The number of nitrogens with zero attached hydrogens (tertiary/aromatic N) is 3. The number of benzene rings is 2. The molecule has 6 rings (SSSR count). The van der Waals surface area contributed by atoms with Gasteiger partial charge in [-0.1, -0.05) is 23.7 Å². The average Bonchev–Trinajstić information content (AvgIpc) is 2.89. The van der Waals surface area contributed by atoms with Crippen molar-refractivity contribution in [2.45, 2.75) is 18.4 Å². The molecule has 2 saturated heterocycles. The number of halogens is 1. The molecule has 2 aromatic heterocycles. The van der Waals surface area contributed by atoms with Gasteiger partial charge >= 0.3 is 5.97 Å². The lowest BCUT2D eigenvalue weighted by Gasteiger charge is -2.41. The van der Waals surface area contributed by atoms with Crippen LogP contribution in [-0.4, -0.2) is 65.4 Å². The van der Waals surface area contributed by atoms with E-state index in [1.54, 1.807) is 36.7 Å². The van der Waals surface area contributed by atoms with E-state index in [0.29, 0.717) is 48.7 Å². The minimum atomic E-state index is -0.605. The largest absolute Gasteiger partial charge is 0.507 e. The lowest BCUT2D eigenvalue weighted by molar-refractivity contribution is -0.158. The fourth-order valence-corrected chi connectivity index (χ4v) is 5.85. The Bertz CT molecular complexity index is 1640. The second kappa shape index (κ2) is 10.5. The van der Waals surface area contributed by atoms with Crippen LogP contribution in [0, 0.1) is 5.92 Å². The Morgan fingerprint density at radius 1 is 1.10 bits per heavy atom. The van der Waals surface area contributed by atoms with Crippen molar-refractivity contribution in [2.75, 3.05) is 38.1 Å². The number of anilines is 1. The standard InChI is InChI=1S/C30H28ClN3O6/c1-33-10-8-20(26(16-33)40-30(38)17-14-34(15-17)18-5-4-9-32-13-18)27-22(35)11-23(36)28-24(37)12-25(39-29(27)28)19-6-2-3-7-21(19)31/h2-7,9,11-13,17,20,26,35-36H,8,10,14-16H2,1H3/t20-,26+/m0/s1. The maximum Gasteiger partial charge on any atom is 0.312 e. The van der Waals surface area contributed by atoms with E-state index in [9.17, 15) is 19.8 Å². The van der Waals surface area contributed by atoms with Crippen LogP contribution >= 0.6 is 11.6 Å². The van der Waals surface area contributed by atoms with Crippen molar-refractivity contribution in [3.63, 3.8) is 0 Å². The van der Waals surface area contributed by atoms with Gasteiger partial charge in [-0.3, -0.25) is 14.6 Å². The molecule has 2 aromatic carbocycles. The van der Waals surface area contributed by atoms with Crippen LogP contribution in [0.5, 0.6) is 11.5 Å². The summed E-state index contributed by atoms with van der Waals surface area (Å²) in [6, 6.07) is 13.2. The van der Waals surface area contributed by atoms with Crippen molar-refractivity contribution >= 4 is 34.2 Å². The molecule has 4 aromatic rings. The fourth-order valence-electron chi connectivity index (χ4n) is 5.62. The normalized spacial score (nSPS) is 19.9. The monoisotopic (exact) mass is 561 g/mol. The van der Waals surface area contributed by atoms with E-state index in [1.807, 2.05) is 19.2 Å². The smallest absolute Gasteiger partial charge is 0.312 e. The fraction of sp³-hybridized carbons (Fsp3) is 0.300. The van der Waals surface area contributed by atoms with Gasteiger partial charge in [-0.2, -0.15) is 0 Å². The second-order valence-electron chi connectivity index (χ2n) is 10.4. The van der Waals surface area contributed by atoms with E-state index < -0.39 is 17.5 Å². The quantitative estimate of drug-likeness (QED) is 0.342. The highest BCUT2D eigenvalue weighted by Crippen LogP contribution is 2.44. The first-order chi connectivity index (χ1) is 19.3. The van der Waals surface area contributed by atoms with Crippen molar-refractivity contribution in [1.29, 1.82) is 0 Å². The number of carbonyl (C=O) groups is 1. The lowest BCUT2D eigenvalue weighted by atomic mass is 9.85. The number of rotatable bonds is 5. The first-order valence-electron chi connectivity index (χ1n) is 13.1. The molecule has 0 amide bonds. The molecule has 9 nitrogen and oxygen atoms in total. The van der Waals surface area contributed by atoms with Gasteiger partial charge in [0.2, 0.25) is 0 Å². The SMILES string of the molecule is CN1CC[C@H](c2c(O)cc(O)c3c(=O)cc(-c4ccccc4Cl)oc23)[C@H](OC(=O)C2CN(c3cccnc3)C2)C1. The summed E-state index contributed by atoms with van der Waals surface area (Å²) in [6.07, 6.45) is 3.40. The van der Waals surface area contributed by atoms with Crippen LogP contribution in [0.15, 0.2) is 70.1 Å². The highest BCUT2D eigenvalue weighted by molar-refractivity contribution is 6.33. The molecule has 2 aliphatic rings. The Balaban J connectivity index is 1.34. The number of esters is 1. The number of phenols is 2. The number of aromatic hydroxyl groups is 2. The molecule has 0 saturated carbocycles. The number of hydrogen-bond donors (Lipinski definition) is 2. The third kappa shape index (κ3) is 4.76. The Morgan fingerprint density at radius 3 is 2.65 bits per heavy atom. The molecule has 2 N–H and O–H groups in total. The lowest BCUT2D eigenvalue weighted by Crippen LogP contribution is -2.53. The van der Waals surface area contributed by atoms with Gasteiger partial charge in [0.1, 0.15) is 34.3 Å². The number of pyridine rings is 1. The van der Waals surface area contributed by atoms with Gasteiger partial charge in [0.05, 0.1) is 22.8 Å². The summed E-state index contributed by atoms with van der Waals surface area (Å²) in [7, 11) is 1.94. The van der Waals surface area contributed by atoms with Gasteiger partial charge in [-0.15, -0.1) is 0 Å². The van der Waals surface area contributed by atoms with Gasteiger partial charge in [-0.25, -0.2) is 0 Å². The summed E-state index contributed by atoms with van der Waals surface area (Å²) >= 11 is 6.38. The first kappa shape index (κ1) is 26.2. The Kier molecular flexibility index (Phi) is 6.85. The number of hydrogen-bond acceptors (Lipinski definition) is 9. The van der Waals surface area contributed by atoms with Gasteiger partial charge in [0.25, 0.3) is 0 Å². The average molecular weight is 562 g/mol. The van der Waals surface area contributed by atoms with Crippen LogP contribution in [0.25, 0.3) is 22.3 Å². The van der Waals surface area contributed by atoms with Crippen LogP contribution in [0.3, 0.4) is 0 Å². The molecular weight excluding hydrogens is 534 g/mol. The number of carbonyl (C=O) groups excluding carboxylic acids is 1. The van der Waals surface area contributed by atoms with E-state index in [4.69, 9.17) is 20.8 Å². The van der Waals surface area contributed by atoms with Crippen LogP contribution in [0.2, 0.25) is 5.02 Å². The predicted octanol–water partition coefficient (Wildman–Crippen LogP) is 4.39. The number of likely N-dealkylation sites (tertiary alicyclic amines) is 1. The van der Waals surface area contributed by atoms with E-state index in [2.05, 4.69) is 14.8 Å². The maximum absolute atomic E-state index is 13.2. The number of piperidine rings is 1. The van der Waals surface area contributed by atoms with E-state index in [1.165, 1.54) is 6.07 Å².